The first-order chi connectivity index (χ1) is 16.6. The number of aliphatic hydroxyl groups excluding tert-OH is 1. The van der Waals surface area contributed by atoms with Gasteiger partial charge in [-0.1, -0.05) is 0 Å². The second-order valence-electron chi connectivity index (χ2n) is 8.17. The summed E-state index contributed by atoms with van der Waals surface area (Å²) in [6.07, 6.45) is -1.95. The van der Waals surface area contributed by atoms with E-state index in [2.05, 4.69) is 20.2 Å². The SMILES string of the molecule is CC(COCCC(O)N1CCN(c2ncc(F)cn2)CC1)n1nc(C(F)(F)F)c2c(=O)[nH]ncc21. The minimum Gasteiger partial charge on any atom is -0.379 e. The van der Waals surface area contributed by atoms with Gasteiger partial charge in [-0.05, 0) is 6.92 Å². The third-order valence-corrected chi connectivity index (χ3v) is 5.72. The van der Waals surface area contributed by atoms with Crippen LogP contribution in [0.25, 0.3) is 10.9 Å². The molecule has 1 fully saturated rings. The molecule has 0 bridgehead atoms. The van der Waals surface area contributed by atoms with Crippen LogP contribution in [0.4, 0.5) is 23.5 Å². The Morgan fingerprint density at radius 2 is 1.86 bits per heavy atom. The van der Waals surface area contributed by atoms with Crippen LogP contribution >= 0.6 is 0 Å². The number of ether oxygens (including phenoxy) is 1. The molecule has 0 aromatic carbocycles. The zero-order valence-electron chi connectivity index (χ0n) is 18.7. The van der Waals surface area contributed by atoms with Crippen LogP contribution in [0.15, 0.2) is 23.4 Å². The Labute approximate surface area is 196 Å². The van der Waals surface area contributed by atoms with Crippen LogP contribution in [0.3, 0.4) is 0 Å². The van der Waals surface area contributed by atoms with Gasteiger partial charge in [-0.3, -0.25) is 14.4 Å². The molecule has 4 rings (SSSR count). The number of hydrogen-bond acceptors (Lipinski definition) is 9. The third-order valence-electron chi connectivity index (χ3n) is 5.72. The van der Waals surface area contributed by atoms with Crippen molar-refractivity contribution in [3.8, 4) is 0 Å². The van der Waals surface area contributed by atoms with Crippen molar-refractivity contribution in [2.45, 2.75) is 31.8 Å². The fourth-order valence-corrected chi connectivity index (χ4v) is 3.92. The molecule has 2 unspecified atom stereocenters. The van der Waals surface area contributed by atoms with Crippen molar-refractivity contribution in [1.82, 2.24) is 34.8 Å². The third kappa shape index (κ3) is 5.57. The Morgan fingerprint density at radius 3 is 2.51 bits per heavy atom. The highest BCUT2D eigenvalue weighted by molar-refractivity contribution is 5.80. The minimum atomic E-state index is -4.80. The van der Waals surface area contributed by atoms with Gasteiger partial charge in [0.25, 0.3) is 5.56 Å². The lowest BCUT2D eigenvalue weighted by atomic mass is 10.2. The maximum Gasteiger partial charge on any atom is 0.435 e. The van der Waals surface area contributed by atoms with Gasteiger partial charge in [0.1, 0.15) is 11.6 Å². The van der Waals surface area contributed by atoms with Crippen molar-refractivity contribution in [2.75, 3.05) is 44.3 Å². The van der Waals surface area contributed by atoms with Gasteiger partial charge in [0.2, 0.25) is 5.95 Å². The summed E-state index contributed by atoms with van der Waals surface area (Å²) in [6.45, 7) is 3.99. The molecule has 11 nitrogen and oxygen atoms in total. The van der Waals surface area contributed by atoms with Crippen molar-refractivity contribution < 1.29 is 27.4 Å². The first-order valence-electron chi connectivity index (χ1n) is 10.9. The molecule has 4 heterocycles. The number of anilines is 1. The molecule has 0 spiro atoms. The molecule has 35 heavy (non-hydrogen) atoms. The Bertz CT molecular complexity index is 1190. The summed E-state index contributed by atoms with van der Waals surface area (Å²) in [5, 5.41) is 19.1. The first kappa shape index (κ1) is 24.9. The van der Waals surface area contributed by atoms with E-state index in [0.29, 0.717) is 32.1 Å². The van der Waals surface area contributed by atoms with Crippen LogP contribution in [-0.4, -0.2) is 85.6 Å². The number of aliphatic hydroxyl groups is 1. The lowest BCUT2D eigenvalue weighted by Crippen LogP contribution is -2.51. The maximum atomic E-state index is 13.3. The second kappa shape index (κ2) is 10.2. The molecular formula is C20H24F4N8O3. The van der Waals surface area contributed by atoms with E-state index in [1.54, 1.807) is 6.92 Å². The number of nitrogens with zero attached hydrogens (tertiary/aromatic N) is 7. The molecule has 3 aromatic rings. The van der Waals surface area contributed by atoms with E-state index in [1.165, 1.54) is 0 Å². The number of alkyl halides is 3. The van der Waals surface area contributed by atoms with Gasteiger partial charge in [-0.2, -0.15) is 23.4 Å². The number of nitrogens with one attached hydrogen (secondary N) is 1. The van der Waals surface area contributed by atoms with Crippen LogP contribution in [-0.2, 0) is 10.9 Å². The molecule has 0 amide bonds. The summed E-state index contributed by atoms with van der Waals surface area (Å²) < 4.78 is 59.7. The van der Waals surface area contributed by atoms with Gasteiger partial charge >= 0.3 is 6.18 Å². The average molecular weight is 500 g/mol. The van der Waals surface area contributed by atoms with Gasteiger partial charge in [-0.15, -0.1) is 0 Å². The Hall–Kier alpha value is -3.17. The van der Waals surface area contributed by atoms with Gasteiger partial charge in [-0.25, -0.2) is 19.5 Å². The molecule has 1 aliphatic rings. The van der Waals surface area contributed by atoms with Gasteiger partial charge < -0.3 is 14.7 Å². The first-order valence-corrected chi connectivity index (χ1v) is 10.9. The topological polar surface area (TPSA) is 125 Å². The number of piperazine rings is 1. The predicted molar refractivity (Wildman–Crippen MR) is 115 cm³/mol. The number of rotatable bonds is 8. The number of fused-ring (bicyclic) bond motifs is 1. The van der Waals surface area contributed by atoms with Crippen LogP contribution in [0.5, 0.6) is 0 Å². The summed E-state index contributed by atoms with van der Waals surface area (Å²) in [6, 6.07) is -0.617. The van der Waals surface area contributed by atoms with Gasteiger partial charge in [0.15, 0.2) is 11.5 Å². The quantitative estimate of drug-likeness (QED) is 0.346. The number of H-pyrrole nitrogens is 1. The summed E-state index contributed by atoms with van der Waals surface area (Å²) in [5.74, 6) is -0.0844. The van der Waals surface area contributed by atoms with E-state index >= 15 is 0 Å². The summed E-state index contributed by atoms with van der Waals surface area (Å²) in [5.41, 5.74) is -2.28. The fraction of sp³-hybridized carbons (Fsp3) is 0.550. The molecule has 3 aromatic heterocycles. The van der Waals surface area contributed by atoms with E-state index in [4.69, 9.17) is 4.74 Å². The highest BCUT2D eigenvalue weighted by Gasteiger charge is 2.38. The number of aromatic amines is 1. The van der Waals surface area contributed by atoms with E-state index in [9.17, 15) is 27.5 Å². The Kier molecular flexibility index (Phi) is 7.28. The summed E-state index contributed by atoms with van der Waals surface area (Å²) >= 11 is 0. The molecule has 0 saturated carbocycles. The predicted octanol–water partition coefficient (Wildman–Crippen LogP) is 1.18. The summed E-state index contributed by atoms with van der Waals surface area (Å²) in [7, 11) is 0. The molecule has 1 saturated heterocycles. The molecule has 2 N–H and O–H groups in total. The lowest BCUT2D eigenvalue weighted by molar-refractivity contribution is -0.140. The van der Waals surface area contributed by atoms with Crippen LogP contribution in [0.1, 0.15) is 25.1 Å². The number of hydrogen-bond donors (Lipinski definition) is 2. The van der Waals surface area contributed by atoms with Crippen molar-refractivity contribution in [3.05, 3.63) is 40.5 Å². The smallest absolute Gasteiger partial charge is 0.379 e. The molecule has 1 aliphatic heterocycles. The second-order valence-corrected chi connectivity index (χ2v) is 8.17. The zero-order valence-corrected chi connectivity index (χ0v) is 18.7. The number of aromatic nitrogens is 6. The average Bonchev–Trinajstić information content (AvgIpc) is 3.24. The van der Waals surface area contributed by atoms with Crippen LogP contribution in [0, 0.1) is 5.82 Å². The maximum absolute atomic E-state index is 13.3. The minimum absolute atomic E-state index is 0.0171. The molecule has 0 aliphatic carbocycles. The molecule has 2 atom stereocenters. The molecule has 190 valence electrons. The highest BCUT2D eigenvalue weighted by atomic mass is 19.4. The lowest BCUT2D eigenvalue weighted by Gasteiger charge is -2.37. The van der Waals surface area contributed by atoms with E-state index in [1.807, 2.05) is 14.9 Å². The van der Waals surface area contributed by atoms with Crippen molar-refractivity contribution in [3.63, 3.8) is 0 Å². The Morgan fingerprint density at radius 1 is 1.17 bits per heavy atom. The summed E-state index contributed by atoms with van der Waals surface area (Å²) in [4.78, 5) is 23.6. The van der Waals surface area contributed by atoms with Gasteiger partial charge in [0, 0.05) is 32.6 Å². The van der Waals surface area contributed by atoms with E-state index in [-0.39, 0.29) is 25.2 Å². The number of halogens is 4. The zero-order chi connectivity index (χ0) is 25.2. The van der Waals surface area contributed by atoms with Crippen molar-refractivity contribution in [1.29, 1.82) is 0 Å². The van der Waals surface area contributed by atoms with Gasteiger partial charge in [0.05, 0.1) is 43.4 Å². The monoisotopic (exact) mass is 500 g/mol. The van der Waals surface area contributed by atoms with E-state index in [0.717, 1.165) is 23.3 Å². The standard InChI is InChI=1S/C20H24F4N8O3/c1-12(32-14-10-27-28-18(34)16(14)17(29-32)20(22,23)24)11-35-7-2-15(33)30-3-5-31(6-4-30)19-25-8-13(21)9-26-19/h8-10,12,15,33H,2-7,11H2,1H3,(H,28,34). The van der Waals surface area contributed by atoms with Crippen LogP contribution in [0.2, 0.25) is 0 Å². The largest absolute Gasteiger partial charge is 0.435 e. The molecule has 0 radical (unpaired) electrons. The Balaban J connectivity index is 1.27. The highest BCUT2D eigenvalue weighted by Crippen LogP contribution is 2.33. The fourth-order valence-electron chi connectivity index (χ4n) is 3.92. The molecular weight excluding hydrogens is 476 g/mol. The normalized spacial score (nSPS) is 17.1. The van der Waals surface area contributed by atoms with Crippen molar-refractivity contribution >= 4 is 16.9 Å². The van der Waals surface area contributed by atoms with Crippen molar-refractivity contribution in [2.24, 2.45) is 0 Å². The van der Waals surface area contributed by atoms with E-state index < -0.39 is 40.9 Å². The molecule has 15 heteroatoms. The van der Waals surface area contributed by atoms with Crippen LogP contribution < -0.4 is 10.5 Å².